The molecular weight excluding hydrogens is 540 g/mol. The average Bonchev–Trinajstić information content (AvgIpc) is 3.23. The summed E-state index contributed by atoms with van der Waals surface area (Å²) in [4.78, 5) is 4.99. The van der Waals surface area contributed by atoms with Crippen molar-refractivity contribution < 1.29 is 50.7 Å². The standard InChI is InChI=1S/C23H44N3O7PSi.V/c1-6-19(3)23(5,20(4)7-2)33-35-17-9-12-26-13-16-31-34(27,30-14-8-11-24)32-21-10-15-28-22(21)18-29-25;/h19-22,26H,6-10,12-18H2,1-5H3;/i15T;. The molecule has 0 aromatic rings. The van der Waals surface area contributed by atoms with E-state index in [9.17, 15) is 4.57 Å². The molecule has 0 aliphatic carbocycles. The molecule has 0 amide bonds. The van der Waals surface area contributed by atoms with Crippen LogP contribution in [0.15, 0.2) is 3.95 Å². The molecule has 207 valence electrons. The fourth-order valence-corrected chi connectivity index (χ4v) is 6.31. The summed E-state index contributed by atoms with van der Waals surface area (Å²) >= 11 is 1.92. The molecule has 6 unspecified atom stereocenters. The summed E-state index contributed by atoms with van der Waals surface area (Å²) in [7, 11) is -3.52. The van der Waals surface area contributed by atoms with Gasteiger partial charge in [0, 0.05) is 0 Å². The first-order chi connectivity index (χ1) is 17.7. The van der Waals surface area contributed by atoms with Gasteiger partial charge in [-0.2, -0.15) is 0 Å². The van der Waals surface area contributed by atoms with Gasteiger partial charge in [-0.3, -0.25) is 0 Å². The van der Waals surface area contributed by atoms with Crippen LogP contribution in [0.4, 0.5) is 0 Å². The number of phosphoric ester groups is 1. The van der Waals surface area contributed by atoms with Gasteiger partial charge >= 0.3 is 139 Å². The van der Waals surface area contributed by atoms with Crippen LogP contribution in [0.1, 0.15) is 68.1 Å². The quantitative estimate of drug-likeness (QED) is 0.0828. The Morgan fingerprint density at radius 2 is 2.00 bits per heavy atom. The topological polar surface area (TPSA) is 121 Å². The minimum atomic E-state index is -3.97. The average molecular weight is 587 g/mol. The third kappa shape index (κ3) is 12.3. The summed E-state index contributed by atoms with van der Waals surface area (Å²) in [6, 6.07) is 2.91. The first-order valence-corrected chi connectivity index (χ1v) is 16.0. The van der Waals surface area contributed by atoms with Crippen molar-refractivity contribution in [3.63, 3.8) is 0 Å². The number of nitrogens with zero attached hydrogens (tertiary/aromatic N) is 2. The molecule has 0 saturated carbocycles. The van der Waals surface area contributed by atoms with Crippen LogP contribution in [0.5, 0.6) is 0 Å². The normalized spacial score (nSPS) is 25.3. The zero-order valence-corrected chi connectivity index (χ0v) is 25.6. The Bertz CT molecular complexity index is 729. The van der Waals surface area contributed by atoms with E-state index in [4.69, 9.17) is 34.2 Å². The van der Waals surface area contributed by atoms with Gasteiger partial charge in [0.05, 0.1) is 5.60 Å². The van der Waals surface area contributed by atoms with Crippen molar-refractivity contribution >= 4 is 17.6 Å². The van der Waals surface area contributed by atoms with Crippen molar-refractivity contribution in [1.29, 1.82) is 5.26 Å². The fourth-order valence-electron chi connectivity index (χ4n) is 3.69. The van der Waals surface area contributed by atoms with Gasteiger partial charge in [-0.05, 0) is 31.2 Å². The van der Waals surface area contributed by atoms with E-state index in [1.54, 1.807) is 0 Å². The summed E-state index contributed by atoms with van der Waals surface area (Å²) in [5.74, 6) is 1.01. The van der Waals surface area contributed by atoms with Crippen molar-refractivity contribution in [3.05, 3.63) is 0 Å². The van der Waals surface area contributed by atoms with Gasteiger partial charge in [0.25, 0.3) is 0 Å². The van der Waals surface area contributed by atoms with Gasteiger partial charge in [-0.25, -0.2) is 0 Å². The zero-order chi connectivity index (χ0) is 27.7. The van der Waals surface area contributed by atoms with E-state index < -0.39 is 26.6 Å². The van der Waals surface area contributed by atoms with Crippen LogP contribution in [-0.4, -0.2) is 67.1 Å². The maximum atomic E-state index is 13.2. The molecule has 2 radical (unpaired) electrons. The maximum absolute atomic E-state index is 13.2. The van der Waals surface area contributed by atoms with Gasteiger partial charge in [-0.1, -0.05) is 40.5 Å². The molecule has 6 atom stereocenters. The van der Waals surface area contributed by atoms with E-state index in [-0.39, 0.29) is 38.3 Å². The number of hydrogen-bond donors (Lipinski definition) is 1. The molecule has 36 heavy (non-hydrogen) atoms. The third-order valence-electron chi connectivity index (χ3n) is 6.67. The van der Waals surface area contributed by atoms with Gasteiger partial charge in [0.15, 0.2) is 0 Å². The second kappa shape index (κ2) is 19.2. The summed E-state index contributed by atoms with van der Waals surface area (Å²) in [5, 5.41) is 12.1. The van der Waals surface area contributed by atoms with Gasteiger partial charge < -0.3 is 4.43 Å². The van der Waals surface area contributed by atoms with E-state index in [1.807, 2.05) is 23.3 Å². The van der Waals surface area contributed by atoms with Crippen LogP contribution < -0.4 is 5.32 Å². The molecule has 0 spiro atoms. The number of ether oxygens (including phenoxy) is 1. The number of hydrogen-bond acceptors (Lipinski definition) is 10. The van der Waals surface area contributed by atoms with Crippen LogP contribution in [0.25, 0.3) is 0 Å². The molecule has 0 aromatic heterocycles. The van der Waals surface area contributed by atoms with Gasteiger partial charge in [0.2, 0.25) is 9.76 Å². The monoisotopic (exact) mass is 586 g/mol. The van der Waals surface area contributed by atoms with Crippen molar-refractivity contribution in [2.45, 2.75) is 90.6 Å². The van der Waals surface area contributed by atoms with E-state index >= 15 is 0 Å². The van der Waals surface area contributed by atoms with Crippen molar-refractivity contribution in [2.24, 2.45) is 15.8 Å². The Kier molecular flexibility index (Phi) is 17.2. The SMILES string of the molecule is [3H]C1CC(OP(=O)(OCCC#N)OCCNCCC[Si]OC(C)(C(C)CC)C(C)CC)C(CO[N]=[V])O1. The van der Waals surface area contributed by atoms with Gasteiger partial charge in [-0.15, -0.1) is 0 Å². The van der Waals surface area contributed by atoms with E-state index in [0.717, 1.165) is 31.9 Å². The zero-order valence-electron chi connectivity index (χ0n) is 23.3. The summed E-state index contributed by atoms with van der Waals surface area (Å²) < 4.78 is 52.9. The minimum absolute atomic E-state index is 0.0479. The van der Waals surface area contributed by atoms with Crippen molar-refractivity contribution in [1.82, 2.24) is 5.32 Å². The second-order valence-corrected chi connectivity index (χ2v) is 11.9. The molecule has 1 heterocycles. The third-order valence-corrected chi connectivity index (χ3v) is 9.52. The van der Waals surface area contributed by atoms with Crippen LogP contribution in [0.2, 0.25) is 6.04 Å². The second-order valence-electron chi connectivity index (χ2n) is 9.02. The Labute approximate surface area is 230 Å². The first kappa shape index (κ1) is 32.3. The van der Waals surface area contributed by atoms with E-state index in [2.05, 4.69) is 43.9 Å². The molecule has 0 aromatic carbocycles. The summed E-state index contributed by atoms with van der Waals surface area (Å²) in [6.45, 7) is 11.7. The van der Waals surface area contributed by atoms with Crippen LogP contribution in [-0.2, 0) is 49.4 Å². The van der Waals surface area contributed by atoms with Crippen LogP contribution in [0.3, 0.4) is 0 Å². The predicted octanol–water partition coefficient (Wildman–Crippen LogP) is 4.76. The molecule has 1 fully saturated rings. The fraction of sp³-hybridized carbons (Fsp3) is 0.957. The van der Waals surface area contributed by atoms with E-state index in [0.29, 0.717) is 28.1 Å². The predicted molar refractivity (Wildman–Crippen MR) is 134 cm³/mol. The van der Waals surface area contributed by atoms with Crippen LogP contribution in [0, 0.1) is 23.2 Å². The molecule has 13 heteroatoms. The van der Waals surface area contributed by atoms with Gasteiger partial charge in [0.1, 0.15) is 0 Å². The number of rotatable bonds is 22. The molecular formula is C23H44N3O7PSiV. The molecule has 1 rings (SSSR count). The number of phosphoric acid groups is 1. The number of nitriles is 1. The van der Waals surface area contributed by atoms with Crippen molar-refractivity contribution in [3.8, 4) is 6.07 Å². The molecule has 1 aliphatic rings. The molecule has 10 nitrogen and oxygen atoms in total. The molecule has 1 aliphatic heterocycles. The molecule has 0 bridgehead atoms. The first-order valence-electron chi connectivity index (χ1n) is 13.3. The molecule has 1 saturated heterocycles. The van der Waals surface area contributed by atoms with Crippen LogP contribution >= 0.6 is 7.82 Å². The Hall–Kier alpha value is 0.0413. The molecule has 1 N–H and O–H groups in total. The van der Waals surface area contributed by atoms with E-state index in [1.165, 1.54) is 0 Å². The Morgan fingerprint density at radius 1 is 1.31 bits per heavy atom. The summed E-state index contributed by atoms with van der Waals surface area (Å²) in [6.07, 6.45) is 2.05. The Morgan fingerprint density at radius 3 is 2.64 bits per heavy atom. The number of nitrogens with one attached hydrogen (secondary N) is 1. The Balaban J connectivity index is 2.42. The summed E-state index contributed by atoms with van der Waals surface area (Å²) in [5.41, 5.74) is -0.101. The van der Waals surface area contributed by atoms with Crippen molar-refractivity contribution in [2.75, 3.05) is 39.5 Å².